The van der Waals surface area contributed by atoms with Crippen LogP contribution in [-0.2, 0) is 9.53 Å². The number of carbonyl (C=O) groups is 1. The molecule has 3 atom stereocenters. The summed E-state index contributed by atoms with van der Waals surface area (Å²) >= 11 is 1.68. The minimum absolute atomic E-state index is 0.123. The van der Waals surface area contributed by atoms with Crippen molar-refractivity contribution in [2.45, 2.75) is 76.7 Å². The Morgan fingerprint density at radius 3 is 2.63 bits per heavy atom. The average Bonchev–Trinajstić information content (AvgIpc) is 2.28. The smallest absolute Gasteiger partial charge is 0.316 e. The molecule has 3 unspecified atom stereocenters. The Kier molecular flexibility index (Phi) is 6.67. The van der Waals surface area contributed by atoms with E-state index in [0.717, 1.165) is 18.8 Å². The molecule has 112 valence electrons. The summed E-state index contributed by atoms with van der Waals surface area (Å²) in [5, 5.41) is 0.415. The van der Waals surface area contributed by atoms with Crippen molar-refractivity contribution in [3.05, 3.63) is 0 Å². The zero-order valence-corrected chi connectivity index (χ0v) is 13.6. The predicted molar refractivity (Wildman–Crippen MR) is 82.3 cm³/mol. The molecule has 19 heavy (non-hydrogen) atoms. The lowest BCUT2D eigenvalue weighted by Crippen LogP contribution is -2.39. The standard InChI is InChI=1S/C15H29NO2S/c1-5-6-11-7-8-12(16)13(9-11)19-10-14(17)18-15(2,3)4/h11-13H,5-10,16H2,1-4H3. The first-order valence-electron chi connectivity index (χ1n) is 7.41. The highest BCUT2D eigenvalue weighted by Crippen LogP contribution is 2.34. The van der Waals surface area contributed by atoms with E-state index in [2.05, 4.69) is 6.92 Å². The Balaban J connectivity index is 2.35. The van der Waals surface area contributed by atoms with Gasteiger partial charge in [-0.05, 0) is 46.0 Å². The molecular formula is C15H29NO2S. The first-order valence-corrected chi connectivity index (χ1v) is 8.45. The number of thioether (sulfide) groups is 1. The minimum atomic E-state index is -0.392. The van der Waals surface area contributed by atoms with E-state index < -0.39 is 5.60 Å². The van der Waals surface area contributed by atoms with Gasteiger partial charge in [-0.25, -0.2) is 0 Å². The van der Waals surface area contributed by atoms with E-state index in [9.17, 15) is 4.79 Å². The van der Waals surface area contributed by atoms with Gasteiger partial charge in [-0.1, -0.05) is 19.8 Å². The van der Waals surface area contributed by atoms with E-state index in [4.69, 9.17) is 10.5 Å². The Labute approximate surface area is 122 Å². The van der Waals surface area contributed by atoms with Crippen molar-refractivity contribution >= 4 is 17.7 Å². The molecule has 0 bridgehead atoms. The molecule has 1 rings (SSSR count). The van der Waals surface area contributed by atoms with Crippen molar-refractivity contribution in [1.82, 2.24) is 0 Å². The SMILES string of the molecule is CCCC1CCC(N)C(SCC(=O)OC(C)(C)C)C1. The normalized spacial score (nSPS) is 28.2. The Morgan fingerprint density at radius 2 is 2.05 bits per heavy atom. The minimum Gasteiger partial charge on any atom is -0.459 e. The van der Waals surface area contributed by atoms with Crippen LogP contribution < -0.4 is 5.73 Å². The molecule has 3 nitrogen and oxygen atoms in total. The summed E-state index contributed by atoms with van der Waals surface area (Å²) in [5.41, 5.74) is 5.79. The van der Waals surface area contributed by atoms with Crippen molar-refractivity contribution in [3.63, 3.8) is 0 Å². The summed E-state index contributed by atoms with van der Waals surface area (Å²) in [7, 11) is 0. The summed E-state index contributed by atoms with van der Waals surface area (Å²) in [4.78, 5) is 11.7. The van der Waals surface area contributed by atoms with Crippen molar-refractivity contribution < 1.29 is 9.53 Å². The fraction of sp³-hybridized carbons (Fsp3) is 0.933. The monoisotopic (exact) mass is 287 g/mol. The third kappa shape index (κ3) is 6.66. The summed E-state index contributed by atoms with van der Waals surface area (Å²) in [5.74, 6) is 1.09. The molecule has 1 saturated carbocycles. The topological polar surface area (TPSA) is 52.3 Å². The summed E-state index contributed by atoms with van der Waals surface area (Å²) < 4.78 is 5.34. The second-order valence-electron chi connectivity index (χ2n) is 6.57. The number of esters is 1. The molecule has 0 aromatic rings. The van der Waals surface area contributed by atoms with Crippen molar-refractivity contribution in [3.8, 4) is 0 Å². The third-order valence-electron chi connectivity index (χ3n) is 3.48. The highest BCUT2D eigenvalue weighted by atomic mass is 32.2. The van der Waals surface area contributed by atoms with Gasteiger partial charge < -0.3 is 10.5 Å². The van der Waals surface area contributed by atoms with E-state index in [-0.39, 0.29) is 12.0 Å². The molecule has 0 aromatic carbocycles. The van der Waals surface area contributed by atoms with Crippen LogP contribution >= 0.6 is 11.8 Å². The van der Waals surface area contributed by atoms with Crippen LogP contribution in [0.4, 0.5) is 0 Å². The highest BCUT2D eigenvalue weighted by Gasteiger charge is 2.29. The zero-order valence-electron chi connectivity index (χ0n) is 12.8. The molecule has 1 aliphatic rings. The number of ether oxygens (including phenoxy) is 1. The van der Waals surface area contributed by atoms with E-state index >= 15 is 0 Å². The molecule has 0 aromatic heterocycles. The van der Waals surface area contributed by atoms with Gasteiger partial charge in [0, 0.05) is 11.3 Å². The lowest BCUT2D eigenvalue weighted by molar-refractivity contribution is -0.151. The fourth-order valence-electron chi connectivity index (χ4n) is 2.64. The van der Waals surface area contributed by atoms with Crippen LogP contribution in [0.3, 0.4) is 0 Å². The number of hydrogen-bond donors (Lipinski definition) is 1. The molecule has 0 radical (unpaired) electrons. The molecule has 0 amide bonds. The van der Waals surface area contributed by atoms with E-state index in [1.54, 1.807) is 11.8 Å². The van der Waals surface area contributed by atoms with Gasteiger partial charge in [0.1, 0.15) is 5.60 Å². The summed E-state index contributed by atoms with van der Waals surface area (Å²) in [6, 6.07) is 0.237. The van der Waals surface area contributed by atoms with Gasteiger partial charge in [-0.15, -0.1) is 11.8 Å². The molecule has 2 N–H and O–H groups in total. The lowest BCUT2D eigenvalue weighted by Gasteiger charge is -2.33. The first-order chi connectivity index (χ1) is 8.81. The zero-order chi connectivity index (χ0) is 14.5. The first kappa shape index (κ1) is 16.8. The van der Waals surface area contributed by atoms with Gasteiger partial charge in [-0.2, -0.15) is 0 Å². The molecular weight excluding hydrogens is 258 g/mol. The largest absolute Gasteiger partial charge is 0.459 e. The third-order valence-corrected chi connectivity index (χ3v) is 4.86. The fourth-order valence-corrected chi connectivity index (χ4v) is 3.84. The molecule has 0 saturated heterocycles. The average molecular weight is 287 g/mol. The number of nitrogens with two attached hydrogens (primary N) is 1. The van der Waals surface area contributed by atoms with Crippen molar-refractivity contribution in [2.75, 3.05) is 5.75 Å². The number of carbonyl (C=O) groups excluding carboxylic acids is 1. The maximum atomic E-state index is 11.7. The van der Waals surface area contributed by atoms with Crippen LogP contribution in [0, 0.1) is 5.92 Å². The van der Waals surface area contributed by atoms with E-state index in [1.165, 1.54) is 19.3 Å². The van der Waals surface area contributed by atoms with Gasteiger partial charge in [0.15, 0.2) is 0 Å². The molecule has 0 spiro atoms. The van der Waals surface area contributed by atoms with E-state index in [1.807, 2.05) is 20.8 Å². The van der Waals surface area contributed by atoms with Crippen LogP contribution in [0.2, 0.25) is 0 Å². The van der Waals surface area contributed by atoms with Gasteiger partial charge >= 0.3 is 5.97 Å². The number of hydrogen-bond acceptors (Lipinski definition) is 4. The molecule has 4 heteroatoms. The second kappa shape index (κ2) is 7.53. The van der Waals surface area contributed by atoms with Crippen molar-refractivity contribution in [2.24, 2.45) is 11.7 Å². The Morgan fingerprint density at radius 1 is 1.37 bits per heavy atom. The van der Waals surface area contributed by atoms with E-state index in [0.29, 0.717) is 11.0 Å². The summed E-state index contributed by atoms with van der Waals surface area (Å²) in [6.07, 6.45) is 6.03. The second-order valence-corrected chi connectivity index (χ2v) is 7.80. The predicted octanol–water partition coefficient (Wildman–Crippen LogP) is 3.36. The molecule has 0 heterocycles. The maximum Gasteiger partial charge on any atom is 0.316 e. The molecule has 1 fully saturated rings. The van der Waals surface area contributed by atoms with Gasteiger partial charge in [-0.3, -0.25) is 4.79 Å². The van der Waals surface area contributed by atoms with Crippen molar-refractivity contribution in [1.29, 1.82) is 0 Å². The summed E-state index contributed by atoms with van der Waals surface area (Å²) in [6.45, 7) is 7.94. The van der Waals surface area contributed by atoms with Crippen LogP contribution in [0.5, 0.6) is 0 Å². The molecule has 1 aliphatic carbocycles. The maximum absolute atomic E-state index is 11.7. The van der Waals surface area contributed by atoms with Crippen LogP contribution in [0.25, 0.3) is 0 Å². The quantitative estimate of drug-likeness (QED) is 0.788. The molecule has 0 aliphatic heterocycles. The van der Waals surface area contributed by atoms with Crippen LogP contribution in [0.15, 0.2) is 0 Å². The number of rotatable bonds is 5. The Bertz CT molecular complexity index is 288. The lowest BCUT2D eigenvalue weighted by atomic mass is 9.83. The highest BCUT2D eigenvalue weighted by molar-refractivity contribution is 8.00. The van der Waals surface area contributed by atoms with Gasteiger partial charge in [0.25, 0.3) is 0 Å². The Hall–Kier alpha value is -0.220. The van der Waals surface area contributed by atoms with Crippen LogP contribution in [-0.4, -0.2) is 28.6 Å². The van der Waals surface area contributed by atoms with Gasteiger partial charge in [0.2, 0.25) is 0 Å². The van der Waals surface area contributed by atoms with Crippen LogP contribution in [0.1, 0.15) is 59.8 Å². The van der Waals surface area contributed by atoms with Gasteiger partial charge in [0.05, 0.1) is 5.75 Å².